The van der Waals surface area contributed by atoms with Gasteiger partial charge in [0.2, 0.25) is 0 Å². The van der Waals surface area contributed by atoms with E-state index in [1.54, 1.807) is 0 Å². The van der Waals surface area contributed by atoms with Gasteiger partial charge in [0.05, 0.1) is 18.4 Å². The topological polar surface area (TPSA) is 52.6 Å². The highest BCUT2D eigenvalue weighted by atomic mass is 16.5. The van der Waals surface area contributed by atoms with Crippen LogP contribution >= 0.6 is 0 Å². The molecule has 2 unspecified atom stereocenters. The van der Waals surface area contributed by atoms with E-state index in [1.807, 2.05) is 0 Å². The Balaban J connectivity index is 1.19. The Morgan fingerprint density at radius 2 is 1.22 bits per heavy atom. The lowest BCUT2D eigenvalue weighted by molar-refractivity contribution is -0.181. The van der Waals surface area contributed by atoms with Crippen molar-refractivity contribution in [3.05, 3.63) is 0 Å². The minimum atomic E-state index is -0.290. The lowest BCUT2D eigenvalue weighted by Crippen LogP contribution is -2.51. The van der Waals surface area contributed by atoms with Gasteiger partial charge in [-0.25, -0.2) is 0 Å². The second kappa shape index (κ2) is 11.9. The molecule has 0 saturated heterocycles. The smallest absolute Gasteiger partial charge is 0.310 e. The van der Waals surface area contributed by atoms with E-state index in [4.69, 9.17) is 9.47 Å². The summed E-state index contributed by atoms with van der Waals surface area (Å²) >= 11 is 0. The van der Waals surface area contributed by atoms with E-state index in [2.05, 4.69) is 6.92 Å². The third-order valence-electron chi connectivity index (χ3n) is 9.01. The molecule has 0 heterocycles. The third kappa shape index (κ3) is 6.08. The lowest BCUT2D eigenvalue weighted by Gasteiger charge is -2.53. The van der Waals surface area contributed by atoms with Gasteiger partial charge < -0.3 is 9.47 Å². The van der Waals surface area contributed by atoms with Crippen molar-refractivity contribution in [3.63, 3.8) is 0 Å². The Hall–Kier alpha value is -1.06. The highest BCUT2D eigenvalue weighted by Gasteiger charge is 2.51. The Morgan fingerprint density at radius 1 is 0.688 bits per heavy atom. The molecule has 0 aliphatic heterocycles. The number of ether oxygens (including phenoxy) is 2. The van der Waals surface area contributed by atoms with Crippen LogP contribution in [0.1, 0.15) is 116 Å². The van der Waals surface area contributed by atoms with Crippen molar-refractivity contribution in [2.75, 3.05) is 6.61 Å². The Bertz CT molecular complexity index is 587. The molecule has 32 heavy (non-hydrogen) atoms. The highest BCUT2D eigenvalue weighted by Crippen LogP contribution is 2.55. The monoisotopic (exact) mass is 446 g/mol. The molecule has 5 aliphatic carbocycles. The molecular formula is C28H46O4. The Labute approximate surface area is 195 Å². The van der Waals surface area contributed by atoms with E-state index in [0.29, 0.717) is 18.4 Å². The van der Waals surface area contributed by atoms with Crippen molar-refractivity contribution in [1.29, 1.82) is 0 Å². The molecule has 0 N–H and O–H groups in total. The zero-order chi connectivity index (χ0) is 22.3. The van der Waals surface area contributed by atoms with Crippen molar-refractivity contribution >= 4 is 11.9 Å². The molecule has 5 rings (SSSR count). The van der Waals surface area contributed by atoms with Crippen LogP contribution in [0.4, 0.5) is 0 Å². The summed E-state index contributed by atoms with van der Waals surface area (Å²) in [6, 6.07) is 0. The van der Waals surface area contributed by atoms with E-state index in [9.17, 15) is 9.59 Å². The van der Waals surface area contributed by atoms with E-state index in [0.717, 1.165) is 50.4 Å². The molecule has 0 radical (unpaired) electrons. The quantitative estimate of drug-likeness (QED) is 0.243. The molecule has 182 valence electrons. The van der Waals surface area contributed by atoms with Crippen LogP contribution in [0.2, 0.25) is 0 Å². The molecule has 5 saturated carbocycles. The number of carbonyl (C=O) groups excluding carboxylic acids is 2. The normalized spacial score (nSPS) is 35.6. The Kier molecular flexibility index (Phi) is 8.94. The molecule has 0 spiro atoms. The van der Waals surface area contributed by atoms with Crippen LogP contribution in [0.25, 0.3) is 0 Å². The number of hydrogen-bond donors (Lipinski definition) is 0. The molecule has 5 fully saturated rings. The maximum Gasteiger partial charge on any atom is 0.310 e. The van der Waals surface area contributed by atoms with Crippen LogP contribution in [0, 0.1) is 35.5 Å². The SMILES string of the molecule is CCCCCCCCCCOC(=O)C1CCCCC1C(=O)OC1C2CC3CC(C2)CC1C3. The minimum Gasteiger partial charge on any atom is -0.465 e. The molecule has 4 heteroatoms. The van der Waals surface area contributed by atoms with Gasteiger partial charge in [-0.3, -0.25) is 9.59 Å². The summed E-state index contributed by atoms with van der Waals surface area (Å²) in [5, 5.41) is 0. The second-order valence-electron chi connectivity index (χ2n) is 11.5. The van der Waals surface area contributed by atoms with Gasteiger partial charge in [0.15, 0.2) is 0 Å². The van der Waals surface area contributed by atoms with Gasteiger partial charge in [0, 0.05) is 0 Å². The first-order valence-corrected chi connectivity index (χ1v) is 14.0. The van der Waals surface area contributed by atoms with Crippen molar-refractivity contribution in [1.82, 2.24) is 0 Å². The molecule has 0 amide bonds. The number of esters is 2. The van der Waals surface area contributed by atoms with Gasteiger partial charge in [-0.1, -0.05) is 64.7 Å². The Morgan fingerprint density at radius 3 is 1.81 bits per heavy atom. The number of unbranched alkanes of at least 4 members (excludes halogenated alkanes) is 7. The van der Waals surface area contributed by atoms with E-state index in [1.165, 1.54) is 70.6 Å². The van der Waals surface area contributed by atoms with Crippen LogP contribution in [0.15, 0.2) is 0 Å². The van der Waals surface area contributed by atoms with Gasteiger partial charge in [-0.2, -0.15) is 0 Å². The van der Waals surface area contributed by atoms with Gasteiger partial charge in [0.1, 0.15) is 6.10 Å². The average molecular weight is 447 g/mol. The molecule has 5 aliphatic rings. The summed E-state index contributed by atoms with van der Waals surface area (Å²) in [6.45, 7) is 2.75. The standard InChI is InChI=1S/C28H46O4/c1-2-3-4-5-6-7-8-11-14-31-27(29)24-12-9-10-13-25(24)28(30)32-26-22-16-20-15-21(18-22)19-23(26)17-20/h20-26H,2-19H2,1H3. The fourth-order valence-electron chi connectivity index (χ4n) is 7.50. The first-order valence-electron chi connectivity index (χ1n) is 14.0. The fourth-order valence-corrected chi connectivity index (χ4v) is 7.50. The summed E-state index contributed by atoms with van der Waals surface area (Å²) in [5.74, 6) is 2.07. The van der Waals surface area contributed by atoms with Gasteiger partial charge >= 0.3 is 11.9 Å². The van der Waals surface area contributed by atoms with Crippen LogP contribution in [-0.2, 0) is 19.1 Å². The van der Waals surface area contributed by atoms with Crippen LogP contribution in [-0.4, -0.2) is 24.6 Å². The summed E-state index contributed by atoms with van der Waals surface area (Å²) < 4.78 is 11.8. The molecule has 4 nitrogen and oxygen atoms in total. The minimum absolute atomic E-state index is 0.101. The molecule has 0 aromatic heterocycles. The molecular weight excluding hydrogens is 400 g/mol. The molecule has 4 bridgehead atoms. The maximum atomic E-state index is 13.2. The van der Waals surface area contributed by atoms with Crippen molar-refractivity contribution in [3.8, 4) is 0 Å². The zero-order valence-corrected chi connectivity index (χ0v) is 20.4. The molecule has 0 aromatic rings. The largest absolute Gasteiger partial charge is 0.465 e. The number of hydrogen-bond acceptors (Lipinski definition) is 4. The van der Waals surface area contributed by atoms with Crippen LogP contribution < -0.4 is 0 Å². The van der Waals surface area contributed by atoms with Gasteiger partial charge in [-0.15, -0.1) is 0 Å². The summed E-state index contributed by atoms with van der Waals surface area (Å²) in [5.41, 5.74) is 0. The average Bonchev–Trinajstić information content (AvgIpc) is 2.79. The molecule has 2 atom stereocenters. The van der Waals surface area contributed by atoms with Crippen LogP contribution in [0.5, 0.6) is 0 Å². The first-order chi connectivity index (χ1) is 15.7. The first kappa shape index (κ1) is 24.1. The van der Waals surface area contributed by atoms with Crippen LogP contribution in [0.3, 0.4) is 0 Å². The van der Waals surface area contributed by atoms with Crippen molar-refractivity contribution in [2.45, 2.75) is 122 Å². The van der Waals surface area contributed by atoms with E-state index >= 15 is 0 Å². The van der Waals surface area contributed by atoms with Crippen molar-refractivity contribution in [2.24, 2.45) is 35.5 Å². The highest BCUT2D eigenvalue weighted by molar-refractivity contribution is 5.82. The maximum absolute atomic E-state index is 13.2. The summed E-state index contributed by atoms with van der Waals surface area (Å²) in [4.78, 5) is 26.0. The third-order valence-corrected chi connectivity index (χ3v) is 9.01. The van der Waals surface area contributed by atoms with Gasteiger partial charge in [-0.05, 0) is 75.0 Å². The number of carbonyl (C=O) groups is 2. The lowest BCUT2D eigenvalue weighted by atomic mass is 9.55. The second-order valence-corrected chi connectivity index (χ2v) is 11.5. The van der Waals surface area contributed by atoms with E-state index in [-0.39, 0.29) is 29.9 Å². The van der Waals surface area contributed by atoms with E-state index < -0.39 is 0 Å². The van der Waals surface area contributed by atoms with Crippen molar-refractivity contribution < 1.29 is 19.1 Å². The fraction of sp³-hybridized carbons (Fsp3) is 0.929. The predicted molar refractivity (Wildman–Crippen MR) is 126 cm³/mol. The summed E-state index contributed by atoms with van der Waals surface area (Å²) in [7, 11) is 0. The summed E-state index contributed by atoms with van der Waals surface area (Å²) in [6.07, 6.45) is 20.0. The van der Waals surface area contributed by atoms with Gasteiger partial charge in [0.25, 0.3) is 0 Å². The molecule has 0 aromatic carbocycles. The zero-order valence-electron chi connectivity index (χ0n) is 20.4. The number of rotatable bonds is 12. The predicted octanol–water partition coefficient (Wildman–Crippen LogP) is 6.84.